The van der Waals surface area contributed by atoms with Crippen LogP contribution in [0.3, 0.4) is 0 Å². The lowest BCUT2D eigenvalue weighted by atomic mass is 9.69. The van der Waals surface area contributed by atoms with E-state index in [4.69, 9.17) is 5.26 Å². The molecule has 3 nitrogen and oxygen atoms in total. The zero-order valence-corrected chi connectivity index (χ0v) is 9.37. The molecule has 1 N–H and O–H groups in total. The maximum absolute atomic E-state index is 12.7. The molecule has 1 aliphatic rings. The molecule has 1 amide bonds. The third-order valence-corrected chi connectivity index (χ3v) is 3.22. The second kappa shape index (κ2) is 4.54. The molecule has 1 fully saturated rings. The van der Waals surface area contributed by atoms with Gasteiger partial charge in [0, 0.05) is 6.54 Å². The van der Waals surface area contributed by atoms with Crippen LogP contribution in [-0.2, 0) is 11.3 Å². The van der Waals surface area contributed by atoms with Crippen molar-refractivity contribution in [3.63, 3.8) is 0 Å². The Hall–Kier alpha value is -1.89. The molecule has 0 atom stereocenters. The third kappa shape index (κ3) is 2.28. The van der Waals surface area contributed by atoms with Gasteiger partial charge < -0.3 is 5.32 Å². The lowest BCUT2D eigenvalue weighted by Gasteiger charge is -2.33. The van der Waals surface area contributed by atoms with E-state index in [1.807, 2.05) is 0 Å². The van der Waals surface area contributed by atoms with Crippen LogP contribution in [0, 0.1) is 22.6 Å². The van der Waals surface area contributed by atoms with Gasteiger partial charge >= 0.3 is 0 Å². The molecular formula is C13H13FN2O. The number of hydrogen-bond acceptors (Lipinski definition) is 2. The largest absolute Gasteiger partial charge is 0.351 e. The standard InChI is InChI=1S/C13H13FN2O/c14-11-4-2-10(3-5-11)8-16-12(17)13(9-15)6-1-7-13/h2-5H,1,6-8H2,(H,16,17). The summed E-state index contributed by atoms with van der Waals surface area (Å²) < 4.78 is 12.7. The number of rotatable bonds is 3. The number of halogens is 1. The Labute approximate surface area is 99.2 Å². The fraction of sp³-hybridized carbons (Fsp3) is 0.385. The van der Waals surface area contributed by atoms with E-state index in [1.165, 1.54) is 12.1 Å². The highest BCUT2D eigenvalue weighted by Gasteiger charge is 2.44. The highest BCUT2D eigenvalue weighted by atomic mass is 19.1. The van der Waals surface area contributed by atoms with Crippen LogP contribution in [-0.4, -0.2) is 5.91 Å². The first-order valence-electron chi connectivity index (χ1n) is 5.60. The van der Waals surface area contributed by atoms with Gasteiger partial charge in [-0.25, -0.2) is 4.39 Å². The number of carbonyl (C=O) groups excluding carboxylic acids is 1. The van der Waals surface area contributed by atoms with Crippen molar-refractivity contribution in [1.82, 2.24) is 5.32 Å². The maximum Gasteiger partial charge on any atom is 0.240 e. The van der Waals surface area contributed by atoms with Gasteiger partial charge in [0.2, 0.25) is 5.91 Å². The number of nitriles is 1. The minimum atomic E-state index is -0.819. The third-order valence-electron chi connectivity index (χ3n) is 3.22. The van der Waals surface area contributed by atoms with Gasteiger partial charge in [0.05, 0.1) is 6.07 Å². The van der Waals surface area contributed by atoms with Gasteiger partial charge in [-0.15, -0.1) is 0 Å². The van der Waals surface area contributed by atoms with Gasteiger partial charge in [-0.05, 0) is 37.0 Å². The van der Waals surface area contributed by atoms with Crippen LogP contribution in [0.1, 0.15) is 24.8 Å². The fourth-order valence-electron chi connectivity index (χ4n) is 1.87. The molecule has 0 aromatic heterocycles. The Kier molecular flexibility index (Phi) is 3.10. The first-order chi connectivity index (χ1) is 8.16. The molecule has 0 aliphatic heterocycles. The SMILES string of the molecule is N#CC1(C(=O)NCc2ccc(F)cc2)CCC1. The lowest BCUT2D eigenvalue weighted by molar-refractivity contribution is -0.131. The Morgan fingerprint density at radius 3 is 2.53 bits per heavy atom. The van der Waals surface area contributed by atoms with E-state index in [9.17, 15) is 9.18 Å². The summed E-state index contributed by atoms with van der Waals surface area (Å²) in [4.78, 5) is 11.8. The minimum Gasteiger partial charge on any atom is -0.351 e. The van der Waals surface area contributed by atoms with Crippen LogP contribution < -0.4 is 5.32 Å². The zero-order chi connectivity index (χ0) is 12.3. The molecule has 1 aromatic carbocycles. The van der Waals surface area contributed by atoms with E-state index in [2.05, 4.69) is 11.4 Å². The number of nitrogens with zero attached hydrogens (tertiary/aromatic N) is 1. The average molecular weight is 232 g/mol. The van der Waals surface area contributed by atoms with Gasteiger partial charge in [0.25, 0.3) is 0 Å². The van der Waals surface area contributed by atoms with Crippen LogP contribution in [0.5, 0.6) is 0 Å². The van der Waals surface area contributed by atoms with Gasteiger partial charge in [-0.3, -0.25) is 4.79 Å². The van der Waals surface area contributed by atoms with Gasteiger partial charge in [-0.2, -0.15) is 5.26 Å². The Morgan fingerprint density at radius 1 is 1.41 bits per heavy atom. The maximum atomic E-state index is 12.7. The zero-order valence-electron chi connectivity index (χ0n) is 9.37. The molecule has 0 unspecified atom stereocenters. The predicted molar refractivity (Wildman–Crippen MR) is 60.1 cm³/mol. The molecule has 0 spiro atoms. The molecule has 2 rings (SSSR count). The number of nitrogens with one attached hydrogen (secondary N) is 1. The molecule has 1 aromatic rings. The van der Waals surface area contributed by atoms with E-state index in [-0.39, 0.29) is 11.7 Å². The second-order valence-corrected chi connectivity index (χ2v) is 4.36. The molecule has 17 heavy (non-hydrogen) atoms. The van der Waals surface area contributed by atoms with Crippen molar-refractivity contribution in [2.24, 2.45) is 5.41 Å². The summed E-state index contributed by atoms with van der Waals surface area (Å²) in [5.74, 6) is -0.511. The molecule has 0 heterocycles. The van der Waals surface area contributed by atoms with Crippen LogP contribution in [0.15, 0.2) is 24.3 Å². The molecule has 1 saturated carbocycles. The van der Waals surface area contributed by atoms with Crippen molar-refractivity contribution in [3.05, 3.63) is 35.6 Å². The average Bonchev–Trinajstić information content (AvgIpc) is 2.27. The van der Waals surface area contributed by atoms with E-state index >= 15 is 0 Å². The Morgan fingerprint density at radius 2 is 2.06 bits per heavy atom. The summed E-state index contributed by atoms with van der Waals surface area (Å²) in [7, 11) is 0. The number of carbonyl (C=O) groups is 1. The van der Waals surface area contributed by atoms with Crippen molar-refractivity contribution in [3.8, 4) is 6.07 Å². The van der Waals surface area contributed by atoms with Crippen molar-refractivity contribution >= 4 is 5.91 Å². The van der Waals surface area contributed by atoms with Crippen LogP contribution >= 0.6 is 0 Å². The van der Waals surface area contributed by atoms with Crippen molar-refractivity contribution in [2.75, 3.05) is 0 Å². The highest BCUT2D eigenvalue weighted by Crippen LogP contribution is 2.40. The number of amides is 1. The molecule has 4 heteroatoms. The first-order valence-corrected chi connectivity index (χ1v) is 5.60. The molecule has 0 bridgehead atoms. The monoisotopic (exact) mass is 232 g/mol. The van der Waals surface area contributed by atoms with E-state index in [0.717, 1.165) is 12.0 Å². The molecule has 88 valence electrons. The summed E-state index contributed by atoms with van der Waals surface area (Å²) in [6.07, 6.45) is 2.20. The predicted octanol–water partition coefficient (Wildman–Crippen LogP) is 2.14. The summed E-state index contributed by atoms with van der Waals surface area (Å²) in [6, 6.07) is 8.03. The van der Waals surface area contributed by atoms with Crippen LogP contribution in [0.2, 0.25) is 0 Å². The fourth-order valence-corrected chi connectivity index (χ4v) is 1.87. The summed E-state index contributed by atoms with van der Waals surface area (Å²) in [5, 5.41) is 11.7. The van der Waals surface area contributed by atoms with E-state index in [1.54, 1.807) is 12.1 Å². The molecule has 1 aliphatic carbocycles. The number of benzene rings is 1. The Bertz CT molecular complexity index is 457. The van der Waals surface area contributed by atoms with Crippen molar-refractivity contribution < 1.29 is 9.18 Å². The van der Waals surface area contributed by atoms with Gasteiger partial charge in [0.1, 0.15) is 11.2 Å². The normalized spacial score (nSPS) is 16.7. The minimum absolute atomic E-state index is 0.212. The topological polar surface area (TPSA) is 52.9 Å². The van der Waals surface area contributed by atoms with E-state index in [0.29, 0.717) is 19.4 Å². The molecule has 0 radical (unpaired) electrons. The lowest BCUT2D eigenvalue weighted by Crippen LogP contribution is -2.44. The van der Waals surface area contributed by atoms with Gasteiger partial charge in [0.15, 0.2) is 0 Å². The summed E-state index contributed by atoms with van der Waals surface area (Å²) in [5.41, 5.74) is 0.00666. The van der Waals surface area contributed by atoms with E-state index < -0.39 is 5.41 Å². The van der Waals surface area contributed by atoms with Crippen LogP contribution in [0.4, 0.5) is 4.39 Å². The molecule has 0 saturated heterocycles. The quantitative estimate of drug-likeness (QED) is 0.868. The van der Waals surface area contributed by atoms with Gasteiger partial charge in [-0.1, -0.05) is 12.1 Å². The second-order valence-electron chi connectivity index (χ2n) is 4.36. The number of hydrogen-bond donors (Lipinski definition) is 1. The first kappa shape index (κ1) is 11.6. The molecular weight excluding hydrogens is 219 g/mol. The van der Waals surface area contributed by atoms with Crippen molar-refractivity contribution in [2.45, 2.75) is 25.8 Å². The smallest absolute Gasteiger partial charge is 0.240 e. The van der Waals surface area contributed by atoms with Crippen LogP contribution in [0.25, 0.3) is 0 Å². The summed E-state index contributed by atoms with van der Waals surface area (Å²) >= 11 is 0. The Balaban J connectivity index is 1.92. The van der Waals surface area contributed by atoms with Crippen molar-refractivity contribution in [1.29, 1.82) is 5.26 Å². The highest BCUT2D eigenvalue weighted by molar-refractivity contribution is 5.86. The summed E-state index contributed by atoms with van der Waals surface area (Å²) in [6.45, 7) is 0.336.